The van der Waals surface area contributed by atoms with Crippen molar-refractivity contribution in [1.82, 2.24) is 0 Å². The minimum absolute atomic E-state index is 0.596. The van der Waals surface area contributed by atoms with Gasteiger partial charge in [-0.1, -0.05) is 42.8 Å². The third-order valence-corrected chi connectivity index (χ3v) is 3.37. The second-order valence-electron chi connectivity index (χ2n) is 4.36. The van der Waals surface area contributed by atoms with E-state index in [9.17, 15) is 0 Å². The molecule has 0 aliphatic heterocycles. The molecule has 0 heterocycles. The molecule has 0 fully saturated rings. The van der Waals surface area contributed by atoms with Gasteiger partial charge in [-0.25, -0.2) is 0 Å². The average Bonchev–Trinajstić information content (AvgIpc) is 2.43. The number of hydrogen-bond donors (Lipinski definition) is 1. The van der Waals surface area contributed by atoms with E-state index < -0.39 is 0 Å². The first-order valence-electron chi connectivity index (χ1n) is 6.49. The van der Waals surface area contributed by atoms with Crippen LogP contribution in [0.25, 0.3) is 0 Å². The maximum Gasteiger partial charge on any atom is 0.130 e. The molecule has 100 valence electrons. The van der Waals surface area contributed by atoms with Crippen molar-refractivity contribution in [3.63, 3.8) is 0 Å². The predicted octanol–water partition coefficient (Wildman–Crippen LogP) is 4.20. The largest absolute Gasteiger partial charge is 0.457 e. The zero-order chi connectivity index (χ0) is 13.7. The van der Waals surface area contributed by atoms with Gasteiger partial charge in [-0.05, 0) is 48.7 Å². The van der Waals surface area contributed by atoms with Crippen LogP contribution in [0.15, 0.2) is 42.5 Å². The van der Waals surface area contributed by atoms with Crippen LogP contribution >= 0.6 is 11.6 Å². The van der Waals surface area contributed by atoms with Crippen molar-refractivity contribution in [1.29, 1.82) is 0 Å². The Morgan fingerprint density at radius 1 is 1.11 bits per heavy atom. The van der Waals surface area contributed by atoms with E-state index in [0.717, 1.165) is 29.9 Å². The quantitative estimate of drug-likeness (QED) is 0.888. The molecule has 2 N–H and O–H groups in total. The molecule has 0 spiro atoms. The standard InChI is InChI=1S/C16H18ClNO/c1-2-12-5-3-4-6-16(12)19-14-8-7-13(9-10-18)15(17)11-14/h3-8,11H,2,9-10,18H2,1H3. The van der Waals surface area contributed by atoms with Gasteiger partial charge in [-0.2, -0.15) is 0 Å². The minimum atomic E-state index is 0.596. The number of nitrogens with two attached hydrogens (primary N) is 1. The molecule has 2 aromatic rings. The summed E-state index contributed by atoms with van der Waals surface area (Å²) in [7, 11) is 0. The summed E-state index contributed by atoms with van der Waals surface area (Å²) in [5.74, 6) is 1.64. The number of ether oxygens (including phenoxy) is 1. The van der Waals surface area contributed by atoms with E-state index in [1.807, 2.05) is 36.4 Å². The van der Waals surface area contributed by atoms with Gasteiger partial charge in [-0.3, -0.25) is 0 Å². The number of hydrogen-bond acceptors (Lipinski definition) is 2. The maximum absolute atomic E-state index is 6.21. The minimum Gasteiger partial charge on any atom is -0.457 e. The molecule has 0 radical (unpaired) electrons. The molecular formula is C16H18ClNO. The van der Waals surface area contributed by atoms with Crippen molar-refractivity contribution in [2.75, 3.05) is 6.54 Å². The summed E-state index contributed by atoms with van der Waals surface area (Å²) in [6, 6.07) is 13.8. The molecule has 3 heteroatoms. The topological polar surface area (TPSA) is 35.2 Å². The monoisotopic (exact) mass is 275 g/mol. The number of para-hydroxylation sites is 1. The van der Waals surface area contributed by atoms with Crippen LogP contribution in [0.1, 0.15) is 18.1 Å². The van der Waals surface area contributed by atoms with Gasteiger partial charge in [0.2, 0.25) is 0 Å². The van der Waals surface area contributed by atoms with Crippen LogP contribution in [0.2, 0.25) is 5.02 Å². The molecule has 2 rings (SSSR count). The molecule has 0 unspecified atom stereocenters. The normalized spacial score (nSPS) is 10.5. The third kappa shape index (κ3) is 3.49. The van der Waals surface area contributed by atoms with Gasteiger partial charge in [-0.15, -0.1) is 0 Å². The number of benzene rings is 2. The summed E-state index contributed by atoms with van der Waals surface area (Å²) in [5.41, 5.74) is 7.78. The summed E-state index contributed by atoms with van der Waals surface area (Å²) in [5, 5.41) is 0.705. The Bertz CT molecular complexity index is 554. The zero-order valence-corrected chi connectivity index (χ0v) is 11.8. The molecule has 0 aliphatic rings. The van der Waals surface area contributed by atoms with E-state index in [4.69, 9.17) is 22.1 Å². The van der Waals surface area contributed by atoms with Gasteiger partial charge in [0, 0.05) is 5.02 Å². The Labute approximate surface area is 119 Å². The van der Waals surface area contributed by atoms with Crippen molar-refractivity contribution in [3.8, 4) is 11.5 Å². The van der Waals surface area contributed by atoms with Crippen LogP contribution in [-0.4, -0.2) is 6.54 Å². The Balaban J connectivity index is 2.21. The van der Waals surface area contributed by atoms with Crippen molar-refractivity contribution in [3.05, 3.63) is 58.6 Å². The molecule has 0 bridgehead atoms. The van der Waals surface area contributed by atoms with E-state index in [2.05, 4.69) is 13.0 Å². The van der Waals surface area contributed by atoms with Gasteiger partial charge >= 0.3 is 0 Å². The molecule has 0 atom stereocenters. The first-order chi connectivity index (χ1) is 9.24. The SMILES string of the molecule is CCc1ccccc1Oc1ccc(CCN)c(Cl)c1. The fraction of sp³-hybridized carbons (Fsp3) is 0.250. The van der Waals surface area contributed by atoms with Crippen molar-refractivity contribution in [2.24, 2.45) is 5.73 Å². The molecule has 0 saturated carbocycles. The lowest BCUT2D eigenvalue weighted by Gasteiger charge is -2.11. The number of halogens is 1. The summed E-state index contributed by atoms with van der Waals surface area (Å²) < 4.78 is 5.90. The predicted molar refractivity (Wildman–Crippen MR) is 80.1 cm³/mol. The summed E-state index contributed by atoms with van der Waals surface area (Å²) in [4.78, 5) is 0. The fourth-order valence-electron chi connectivity index (χ4n) is 1.97. The molecule has 2 aromatic carbocycles. The maximum atomic E-state index is 6.21. The molecule has 0 saturated heterocycles. The van der Waals surface area contributed by atoms with Crippen LogP contribution in [0.5, 0.6) is 11.5 Å². The first-order valence-corrected chi connectivity index (χ1v) is 6.86. The summed E-state index contributed by atoms with van der Waals surface area (Å²) in [6.45, 7) is 2.71. The Morgan fingerprint density at radius 3 is 2.58 bits per heavy atom. The number of rotatable bonds is 5. The van der Waals surface area contributed by atoms with Crippen LogP contribution in [-0.2, 0) is 12.8 Å². The average molecular weight is 276 g/mol. The van der Waals surface area contributed by atoms with Gasteiger partial charge in [0.1, 0.15) is 11.5 Å². The summed E-state index contributed by atoms with van der Waals surface area (Å²) in [6.07, 6.45) is 1.72. The highest BCUT2D eigenvalue weighted by Gasteiger charge is 2.05. The first kappa shape index (κ1) is 13.9. The van der Waals surface area contributed by atoms with Gasteiger partial charge < -0.3 is 10.5 Å². The lowest BCUT2D eigenvalue weighted by atomic mass is 10.1. The Hall–Kier alpha value is -1.51. The van der Waals surface area contributed by atoms with Gasteiger partial charge in [0.15, 0.2) is 0 Å². The van der Waals surface area contributed by atoms with E-state index in [0.29, 0.717) is 11.6 Å². The highest BCUT2D eigenvalue weighted by molar-refractivity contribution is 6.31. The van der Waals surface area contributed by atoms with Crippen LogP contribution in [0, 0.1) is 0 Å². The van der Waals surface area contributed by atoms with Crippen molar-refractivity contribution < 1.29 is 4.74 Å². The molecule has 0 amide bonds. The highest BCUT2D eigenvalue weighted by Crippen LogP contribution is 2.29. The van der Waals surface area contributed by atoms with E-state index in [1.54, 1.807) is 0 Å². The van der Waals surface area contributed by atoms with Crippen molar-refractivity contribution >= 4 is 11.6 Å². The second kappa shape index (κ2) is 6.60. The van der Waals surface area contributed by atoms with E-state index in [1.165, 1.54) is 5.56 Å². The van der Waals surface area contributed by atoms with E-state index in [-0.39, 0.29) is 0 Å². The Morgan fingerprint density at radius 2 is 1.89 bits per heavy atom. The summed E-state index contributed by atoms with van der Waals surface area (Å²) >= 11 is 6.21. The highest BCUT2D eigenvalue weighted by atomic mass is 35.5. The second-order valence-corrected chi connectivity index (χ2v) is 4.76. The van der Waals surface area contributed by atoms with Crippen molar-refractivity contribution in [2.45, 2.75) is 19.8 Å². The molecule has 19 heavy (non-hydrogen) atoms. The van der Waals surface area contributed by atoms with E-state index >= 15 is 0 Å². The lowest BCUT2D eigenvalue weighted by molar-refractivity contribution is 0.476. The third-order valence-electron chi connectivity index (χ3n) is 3.02. The fourth-order valence-corrected chi connectivity index (χ4v) is 2.24. The van der Waals surface area contributed by atoms with Gasteiger partial charge in [0.05, 0.1) is 0 Å². The molecular weight excluding hydrogens is 258 g/mol. The van der Waals surface area contributed by atoms with Crippen LogP contribution < -0.4 is 10.5 Å². The smallest absolute Gasteiger partial charge is 0.130 e. The van der Waals surface area contributed by atoms with Crippen LogP contribution in [0.4, 0.5) is 0 Å². The Kier molecular flexibility index (Phi) is 4.83. The zero-order valence-electron chi connectivity index (χ0n) is 11.0. The molecule has 0 aliphatic carbocycles. The number of aryl methyl sites for hydroxylation is 1. The molecule has 0 aromatic heterocycles. The van der Waals surface area contributed by atoms with Gasteiger partial charge in [0.25, 0.3) is 0 Å². The lowest BCUT2D eigenvalue weighted by Crippen LogP contribution is -2.03. The molecule has 2 nitrogen and oxygen atoms in total. The van der Waals surface area contributed by atoms with Crippen LogP contribution in [0.3, 0.4) is 0 Å².